The van der Waals surface area contributed by atoms with Crippen LogP contribution in [0, 0.1) is 5.41 Å². The number of cyclic esters (lactones) is 1. The average Bonchev–Trinajstić information content (AvgIpc) is 2.34. The maximum atomic E-state index is 11.4. The lowest BCUT2D eigenvalue weighted by atomic mass is 9.95. The van der Waals surface area contributed by atoms with Crippen LogP contribution in [0.2, 0.25) is 0 Å². The molecule has 0 aromatic carbocycles. The molecule has 1 unspecified atom stereocenters. The molecule has 1 N–H and O–H groups in total. The predicted molar refractivity (Wildman–Crippen MR) is 53.0 cm³/mol. The molecular weight excluding hydrogens is 182 g/mol. The normalized spacial score (nSPS) is 22.7. The number of carbonyl (C=O) groups excluding carboxylic acids is 1. The fourth-order valence-corrected chi connectivity index (χ4v) is 1.58. The van der Waals surface area contributed by atoms with Gasteiger partial charge in [0, 0.05) is 13.2 Å². The minimum absolute atomic E-state index is 0.0479. The first kappa shape index (κ1) is 11.3. The second kappa shape index (κ2) is 4.17. The fraction of sp³-hybridized carbons (Fsp3) is 0.900. The van der Waals surface area contributed by atoms with E-state index in [2.05, 4.69) is 20.8 Å². The molecule has 0 radical (unpaired) electrons. The van der Waals surface area contributed by atoms with Crippen molar-refractivity contribution in [3.63, 3.8) is 0 Å². The van der Waals surface area contributed by atoms with Gasteiger partial charge in [-0.05, 0) is 11.8 Å². The molecule has 1 rings (SSSR count). The Balaban J connectivity index is 2.58. The highest BCUT2D eigenvalue weighted by atomic mass is 16.6. The lowest BCUT2D eigenvalue weighted by Crippen LogP contribution is -2.40. The third-order valence-corrected chi connectivity index (χ3v) is 2.18. The van der Waals surface area contributed by atoms with E-state index in [-0.39, 0.29) is 24.2 Å². The predicted octanol–water partition coefficient (Wildman–Crippen LogP) is 1.24. The topological polar surface area (TPSA) is 49.8 Å². The molecule has 14 heavy (non-hydrogen) atoms. The standard InChI is InChI=1S/C10H19NO3/c1-10(2,3)7-11-8(4-5-12)6-14-9(11)13/h8,12H,4-7H2,1-3H3. The molecular formula is C10H19NO3. The molecule has 4 heteroatoms. The monoisotopic (exact) mass is 201 g/mol. The molecule has 82 valence electrons. The summed E-state index contributed by atoms with van der Waals surface area (Å²) in [6.45, 7) is 7.42. The number of hydrogen-bond donors (Lipinski definition) is 1. The van der Waals surface area contributed by atoms with E-state index < -0.39 is 0 Å². The van der Waals surface area contributed by atoms with Gasteiger partial charge in [0.15, 0.2) is 0 Å². The molecule has 1 amide bonds. The number of aliphatic hydroxyl groups is 1. The van der Waals surface area contributed by atoms with Crippen LogP contribution in [0.1, 0.15) is 27.2 Å². The summed E-state index contributed by atoms with van der Waals surface area (Å²) in [5.74, 6) is 0. The van der Waals surface area contributed by atoms with E-state index in [0.29, 0.717) is 19.6 Å². The number of nitrogens with zero attached hydrogens (tertiary/aromatic N) is 1. The van der Waals surface area contributed by atoms with Crippen molar-refractivity contribution in [2.24, 2.45) is 5.41 Å². The number of rotatable bonds is 3. The Morgan fingerprint density at radius 2 is 2.21 bits per heavy atom. The van der Waals surface area contributed by atoms with Gasteiger partial charge in [-0.3, -0.25) is 0 Å². The van der Waals surface area contributed by atoms with Crippen molar-refractivity contribution in [3.8, 4) is 0 Å². The lowest BCUT2D eigenvalue weighted by Gasteiger charge is -2.28. The van der Waals surface area contributed by atoms with Crippen LogP contribution in [0.15, 0.2) is 0 Å². The minimum Gasteiger partial charge on any atom is -0.447 e. The van der Waals surface area contributed by atoms with Gasteiger partial charge in [0.05, 0.1) is 6.04 Å². The zero-order chi connectivity index (χ0) is 10.8. The average molecular weight is 201 g/mol. The molecule has 0 aliphatic carbocycles. The van der Waals surface area contributed by atoms with Crippen LogP contribution in [0.5, 0.6) is 0 Å². The summed E-state index contributed by atoms with van der Waals surface area (Å²) in [6, 6.07) is 0.0479. The fourth-order valence-electron chi connectivity index (χ4n) is 1.58. The van der Waals surface area contributed by atoms with Crippen molar-refractivity contribution in [2.75, 3.05) is 19.8 Å². The molecule has 0 saturated carbocycles. The molecule has 1 aliphatic rings. The highest BCUT2D eigenvalue weighted by Gasteiger charge is 2.34. The molecule has 1 heterocycles. The number of aliphatic hydroxyl groups excluding tert-OH is 1. The van der Waals surface area contributed by atoms with Crippen molar-refractivity contribution in [1.29, 1.82) is 0 Å². The number of amides is 1. The zero-order valence-corrected chi connectivity index (χ0v) is 9.12. The van der Waals surface area contributed by atoms with Gasteiger partial charge in [-0.15, -0.1) is 0 Å². The first-order chi connectivity index (χ1) is 6.44. The molecule has 1 fully saturated rings. The smallest absolute Gasteiger partial charge is 0.410 e. The van der Waals surface area contributed by atoms with Crippen molar-refractivity contribution >= 4 is 6.09 Å². The van der Waals surface area contributed by atoms with E-state index in [4.69, 9.17) is 9.84 Å². The first-order valence-electron chi connectivity index (χ1n) is 4.98. The third kappa shape index (κ3) is 2.87. The second-order valence-corrected chi connectivity index (χ2v) is 4.93. The largest absolute Gasteiger partial charge is 0.447 e. The minimum atomic E-state index is -0.252. The lowest BCUT2D eigenvalue weighted by molar-refractivity contribution is 0.141. The summed E-state index contributed by atoms with van der Waals surface area (Å²) in [5, 5.41) is 8.84. The maximum absolute atomic E-state index is 11.4. The van der Waals surface area contributed by atoms with E-state index >= 15 is 0 Å². The van der Waals surface area contributed by atoms with E-state index in [1.54, 1.807) is 4.90 Å². The van der Waals surface area contributed by atoms with E-state index in [1.165, 1.54) is 0 Å². The van der Waals surface area contributed by atoms with Gasteiger partial charge in [-0.2, -0.15) is 0 Å². The highest BCUT2D eigenvalue weighted by molar-refractivity contribution is 5.70. The summed E-state index contributed by atoms with van der Waals surface area (Å²) in [4.78, 5) is 13.1. The van der Waals surface area contributed by atoms with Crippen molar-refractivity contribution in [1.82, 2.24) is 4.90 Å². The third-order valence-electron chi connectivity index (χ3n) is 2.18. The molecule has 0 spiro atoms. The molecule has 0 bridgehead atoms. The van der Waals surface area contributed by atoms with Gasteiger partial charge in [0.1, 0.15) is 6.61 Å². The van der Waals surface area contributed by atoms with E-state index in [9.17, 15) is 4.79 Å². The van der Waals surface area contributed by atoms with Gasteiger partial charge < -0.3 is 14.7 Å². The van der Waals surface area contributed by atoms with Gasteiger partial charge in [0.2, 0.25) is 0 Å². The van der Waals surface area contributed by atoms with Crippen LogP contribution in [-0.2, 0) is 4.74 Å². The quantitative estimate of drug-likeness (QED) is 0.747. The summed E-state index contributed by atoms with van der Waals surface area (Å²) in [7, 11) is 0. The van der Waals surface area contributed by atoms with Crippen LogP contribution in [0.25, 0.3) is 0 Å². The Hall–Kier alpha value is -0.770. The summed E-state index contributed by atoms with van der Waals surface area (Å²) in [5.41, 5.74) is 0.0665. The Morgan fingerprint density at radius 1 is 1.57 bits per heavy atom. The van der Waals surface area contributed by atoms with Crippen LogP contribution < -0.4 is 0 Å². The summed E-state index contributed by atoms with van der Waals surface area (Å²) >= 11 is 0. The first-order valence-corrected chi connectivity index (χ1v) is 4.98. The SMILES string of the molecule is CC(C)(C)CN1C(=O)OCC1CCO. The van der Waals surface area contributed by atoms with Crippen molar-refractivity contribution in [3.05, 3.63) is 0 Å². The molecule has 1 atom stereocenters. The van der Waals surface area contributed by atoms with Crippen molar-refractivity contribution < 1.29 is 14.6 Å². The molecule has 0 aromatic heterocycles. The van der Waals surface area contributed by atoms with Crippen LogP contribution in [0.3, 0.4) is 0 Å². The Bertz CT molecular complexity index is 210. The zero-order valence-electron chi connectivity index (χ0n) is 9.12. The van der Waals surface area contributed by atoms with Crippen LogP contribution >= 0.6 is 0 Å². The van der Waals surface area contributed by atoms with Crippen LogP contribution in [0.4, 0.5) is 4.79 Å². The van der Waals surface area contributed by atoms with Gasteiger partial charge >= 0.3 is 6.09 Å². The van der Waals surface area contributed by atoms with Crippen molar-refractivity contribution in [2.45, 2.75) is 33.2 Å². The molecule has 1 aliphatic heterocycles. The van der Waals surface area contributed by atoms with E-state index in [1.807, 2.05) is 0 Å². The van der Waals surface area contributed by atoms with E-state index in [0.717, 1.165) is 0 Å². The summed E-state index contributed by atoms with van der Waals surface area (Å²) < 4.78 is 4.95. The van der Waals surface area contributed by atoms with Gasteiger partial charge in [0.25, 0.3) is 0 Å². The van der Waals surface area contributed by atoms with Crippen LogP contribution in [-0.4, -0.2) is 41.9 Å². The number of hydrogen-bond acceptors (Lipinski definition) is 3. The maximum Gasteiger partial charge on any atom is 0.410 e. The summed E-state index contributed by atoms with van der Waals surface area (Å²) in [6.07, 6.45) is 0.348. The van der Waals surface area contributed by atoms with Gasteiger partial charge in [-0.1, -0.05) is 20.8 Å². The second-order valence-electron chi connectivity index (χ2n) is 4.93. The number of ether oxygens (including phenoxy) is 1. The molecule has 4 nitrogen and oxygen atoms in total. The Labute approximate surface area is 84.8 Å². The Morgan fingerprint density at radius 3 is 2.71 bits per heavy atom. The number of carbonyl (C=O) groups is 1. The Kier molecular flexibility index (Phi) is 3.37. The highest BCUT2D eigenvalue weighted by Crippen LogP contribution is 2.22. The van der Waals surface area contributed by atoms with Gasteiger partial charge in [-0.25, -0.2) is 4.79 Å². The molecule has 1 saturated heterocycles. The molecule has 0 aromatic rings.